The van der Waals surface area contributed by atoms with Crippen LogP contribution in [0.4, 0.5) is 0 Å². The predicted molar refractivity (Wildman–Crippen MR) is 105 cm³/mol. The second kappa shape index (κ2) is 10.0. The molecule has 0 heterocycles. The van der Waals surface area contributed by atoms with E-state index < -0.39 is 0 Å². The van der Waals surface area contributed by atoms with Crippen LogP contribution < -0.4 is 10.6 Å². The number of guanidine groups is 1. The van der Waals surface area contributed by atoms with Crippen LogP contribution >= 0.6 is 24.0 Å². The third-order valence-electron chi connectivity index (χ3n) is 4.08. The van der Waals surface area contributed by atoms with Crippen LogP contribution in [-0.2, 0) is 6.42 Å². The number of rotatable bonds is 7. The minimum atomic E-state index is 0. The third-order valence-corrected chi connectivity index (χ3v) is 4.08. The van der Waals surface area contributed by atoms with Gasteiger partial charge < -0.3 is 15.5 Å². The van der Waals surface area contributed by atoms with Crippen LogP contribution in [0.2, 0.25) is 0 Å². The summed E-state index contributed by atoms with van der Waals surface area (Å²) in [6.45, 7) is 1.86. The van der Waals surface area contributed by atoms with Gasteiger partial charge in [-0.25, -0.2) is 0 Å². The normalized spacial score (nSPS) is 16.1. The standard InChI is InChI=1S/C17H28N4.HI/c1-18-17(19-12-11-14-7-5-4-6-8-14)20-13-16(21(2)3)15-9-10-15;/h4-8,15-16H,9-13H2,1-3H3,(H2,18,19,20);1H. The summed E-state index contributed by atoms with van der Waals surface area (Å²) in [5, 5.41) is 6.85. The van der Waals surface area contributed by atoms with Gasteiger partial charge in [0, 0.05) is 26.2 Å². The molecule has 0 aromatic heterocycles. The lowest BCUT2D eigenvalue weighted by atomic mass is 10.1. The molecule has 22 heavy (non-hydrogen) atoms. The van der Waals surface area contributed by atoms with Crippen molar-refractivity contribution in [3.05, 3.63) is 35.9 Å². The third kappa shape index (κ3) is 6.52. The van der Waals surface area contributed by atoms with Gasteiger partial charge >= 0.3 is 0 Å². The minimum absolute atomic E-state index is 0. The fourth-order valence-corrected chi connectivity index (χ4v) is 2.64. The maximum atomic E-state index is 4.31. The quantitative estimate of drug-likeness (QED) is 0.407. The molecule has 2 N–H and O–H groups in total. The summed E-state index contributed by atoms with van der Waals surface area (Å²) in [7, 11) is 6.16. The Bertz CT molecular complexity index is 441. The van der Waals surface area contributed by atoms with Gasteiger partial charge in [-0.3, -0.25) is 4.99 Å². The van der Waals surface area contributed by atoms with Crippen molar-refractivity contribution in [3.63, 3.8) is 0 Å². The monoisotopic (exact) mass is 416 g/mol. The van der Waals surface area contributed by atoms with Gasteiger partial charge in [0.25, 0.3) is 0 Å². The molecule has 1 aliphatic carbocycles. The molecule has 1 atom stereocenters. The van der Waals surface area contributed by atoms with Crippen molar-refractivity contribution in [2.75, 3.05) is 34.2 Å². The highest BCUT2D eigenvalue weighted by Gasteiger charge is 2.32. The maximum absolute atomic E-state index is 4.31. The Morgan fingerprint density at radius 1 is 1.23 bits per heavy atom. The highest BCUT2D eigenvalue weighted by molar-refractivity contribution is 14.0. The van der Waals surface area contributed by atoms with E-state index in [-0.39, 0.29) is 24.0 Å². The van der Waals surface area contributed by atoms with Crippen LogP contribution in [0.25, 0.3) is 0 Å². The Kier molecular flexibility index (Phi) is 8.78. The summed E-state index contributed by atoms with van der Waals surface area (Å²) in [5.41, 5.74) is 1.35. The van der Waals surface area contributed by atoms with Gasteiger partial charge in [0.1, 0.15) is 0 Å². The SMILES string of the molecule is CN=C(NCCc1ccccc1)NCC(C1CC1)N(C)C.I. The highest BCUT2D eigenvalue weighted by Crippen LogP contribution is 2.34. The molecule has 124 valence electrons. The molecule has 0 bridgehead atoms. The molecule has 1 aromatic rings. The van der Waals surface area contributed by atoms with Crippen molar-refractivity contribution >= 4 is 29.9 Å². The van der Waals surface area contributed by atoms with E-state index in [1.54, 1.807) is 0 Å². The molecular weight excluding hydrogens is 387 g/mol. The fourth-order valence-electron chi connectivity index (χ4n) is 2.64. The first-order valence-electron chi connectivity index (χ1n) is 7.85. The van der Waals surface area contributed by atoms with E-state index >= 15 is 0 Å². The first kappa shape index (κ1) is 19.2. The Balaban J connectivity index is 0.00000242. The number of halogens is 1. The average Bonchev–Trinajstić information content (AvgIpc) is 3.31. The molecule has 0 amide bonds. The summed E-state index contributed by atoms with van der Waals surface area (Å²) in [5.74, 6) is 1.76. The van der Waals surface area contributed by atoms with Crippen molar-refractivity contribution in [1.82, 2.24) is 15.5 Å². The van der Waals surface area contributed by atoms with Crippen LogP contribution in [0.15, 0.2) is 35.3 Å². The summed E-state index contributed by atoms with van der Waals surface area (Å²) >= 11 is 0. The second-order valence-electron chi connectivity index (χ2n) is 5.98. The van der Waals surface area contributed by atoms with Crippen molar-refractivity contribution in [3.8, 4) is 0 Å². The highest BCUT2D eigenvalue weighted by atomic mass is 127. The largest absolute Gasteiger partial charge is 0.356 e. The zero-order chi connectivity index (χ0) is 15.1. The maximum Gasteiger partial charge on any atom is 0.191 e. The van der Waals surface area contributed by atoms with Crippen LogP contribution in [0.5, 0.6) is 0 Å². The molecule has 1 aromatic carbocycles. The lowest BCUT2D eigenvalue weighted by molar-refractivity contribution is 0.264. The Labute approximate surface area is 151 Å². The topological polar surface area (TPSA) is 39.7 Å². The van der Waals surface area contributed by atoms with Crippen LogP contribution in [0.1, 0.15) is 18.4 Å². The molecule has 2 rings (SSSR count). The van der Waals surface area contributed by atoms with Crippen LogP contribution in [0.3, 0.4) is 0 Å². The molecule has 1 saturated carbocycles. The zero-order valence-corrected chi connectivity index (χ0v) is 16.2. The van der Waals surface area contributed by atoms with Gasteiger partial charge in [0.15, 0.2) is 5.96 Å². The first-order valence-corrected chi connectivity index (χ1v) is 7.85. The number of aliphatic imine (C=N–C) groups is 1. The molecule has 0 radical (unpaired) electrons. The number of hydrogen-bond acceptors (Lipinski definition) is 2. The van der Waals surface area contributed by atoms with Gasteiger partial charge in [-0.2, -0.15) is 0 Å². The van der Waals surface area contributed by atoms with E-state index in [0.29, 0.717) is 6.04 Å². The van der Waals surface area contributed by atoms with Gasteiger partial charge in [-0.05, 0) is 44.8 Å². The van der Waals surface area contributed by atoms with Crippen molar-refractivity contribution in [2.45, 2.75) is 25.3 Å². The second-order valence-corrected chi connectivity index (χ2v) is 5.98. The summed E-state index contributed by atoms with van der Waals surface area (Å²) in [6, 6.07) is 11.1. The van der Waals surface area contributed by atoms with Gasteiger partial charge in [0.05, 0.1) is 0 Å². The minimum Gasteiger partial charge on any atom is -0.356 e. The zero-order valence-electron chi connectivity index (χ0n) is 13.9. The summed E-state index contributed by atoms with van der Waals surface area (Å²) < 4.78 is 0. The molecular formula is C17H29IN4. The number of benzene rings is 1. The van der Waals surface area contributed by atoms with Gasteiger partial charge in [-0.15, -0.1) is 24.0 Å². The molecule has 1 fully saturated rings. The smallest absolute Gasteiger partial charge is 0.191 e. The first-order chi connectivity index (χ1) is 10.2. The van der Waals surface area contributed by atoms with Crippen molar-refractivity contribution in [2.24, 2.45) is 10.9 Å². The fraction of sp³-hybridized carbons (Fsp3) is 0.588. The lowest BCUT2D eigenvalue weighted by Crippen LogP contribution is -2.46. The predicted octanol–water partition coefficient (Wildman–Crippen LogP) is 2.35. The molecule has 1 aliphatic rings. The molecule has 0 aliphatic heterocycles. The Hall–Kier alpha value is -0.820. The van der Waals surface area contributed by atoms with E-state index in [0.717, 1.165) is 31.4 Å². The number of likely N-dealkylation sites (N-methyl/N-ethyl adjacent to an activating group) is 1. The number of nitrogens with one attached hydrogen (secondary N) is 2. The molecule has 0 spiro atoms. The van der Waals surface area contributed by atoms with Gasteiger partial charge in [0.2, 0.25) is 0 Å². The van der Waals surface area contributed by atoms with Crippen LogP contribution in [0, 0.1) is 5.92 Å². The Morgan fingerprint density at radius 2 is 1.91 bits per heavy atom. The van der Waals surface area contributed by atoms with E-state index in [1.807, 2.05) is 7.05 Å². The van der Waals surface area contributed by atoms with E-state index in [2.05, 4.69) is 65.0 Å². The van der Waals surface area contributed by atoms with E-state index in [1.165, 1.54) is 18.4 Å². The lowest BCUT2D eigenvalue weighted by Gasteiger charge is -2.25. The summed E-state index contributed by atoms with van der Waals surface area (Å²) in [6.07, 6.45) is 3.75. The van der Waals surface area contributed by atoms with Crippen LogP contribution in [-0.4, -0.2) is 51.1 Å². The number of hydrogen-bond donors (Lipinski definition) is 2. The Morgan fingerprint density at radius 3 is 2.45 bits per heavy atom. The van der Waals surface area contributed by atoms with Crippen molar-refractivity contribution < 1.29 is 0 Å². The van der Waals surface area contributed by atoms with Crippen molar-refractivity contribution in [1.29, 1.82) is 0 Å². The average molecular weight is 416 g/mol. The molecule has 1 unspecified atom stereocenters. The van der Waals surface area contributed by atoms with E-state index in [9.17, 15) is 0 Å². The molecule has 4 nitrogen and oxygen atoms in total. The number of nitrogens with zero attached hydrogens (tertiary/aromatic N) is 2. The van der Waals surface area contributed by atoms with E-state index in [4.69, 9.17) is 0 Å². The van der Waals surface area contributed by atoms with Gasteiger partial charge in [-0.1, -0.05) is 30.3 Å². The molecule has 0 saturated heterocycles. The summed E-state index contributed by atoms with van der Waals surface area (Å²) in [4.78, 5) is 6.63. The molecule has 5 heteroatoms.